The van der Waals surface area contributed by atoms with Crippen molar-refractivity contribution in [1.82, 2.24) is 4.90 Å². The fourth-order valence-electron chi connectivity index (χ4n) is 3.77. The van der Waals surface area contributed by atoms with Gasteiger partial charge in [0.1, 0.15) is 6.61 Å². The van der Waals surface area contributed by atoms with E-state index in [1.54, 1.807) is 0 Å². The zero-order chi connectivity index (χ0) is 15.8. The Bertz CT molecular complexity index is 731. The Hall–Kier alpha value is -2.00. The van der Waals surface area contributed by atoms with Crippen LogP contribution in [0.15, 0.2) is 48.5 Å². The first-order valence-electron chi connectivity index (χ1n) is 7.99. The van der Waals surface area contributed by atoms with E-state index in [1.807, 2.05) is 41.3 Å². The Balaban J connectivity index is 1.49. The van der Waals surface area contributed by atoms with E-state index in [0.29, 0.717) is 12.5 Å². The SMILES string of the molecule is O=C(OCc1ccccc1)N1CC[C@@H]2C[C@@H]1c1ccc(Cl)cc12. The highest BCUT2D eigenvalue weighted by Gasteiger charge is 2.41. The number of rotatable bonds is 2. The van der Waals surface area contributed by atoms with Crippen LogP contribution in [0.2, 0.25) is 5.02 Å². The molecule has 0 radical (unpaired) electrons. The molecule has 2 atom stereocenters. The number of carbonyl (C=O) groups excluding carboxylic acids is 1. The van der Waals surface area contributed by atoms with Crippen molar-refractivity contribution in [2.75, 3.05) is 6.54 Å². The number of halogens is 1. The number of hydrogen-bond donors (Lipinski definition) is 0. The van der Waals surface area contributed by atoms with Crippen molar-refractivity contribution in [1.29, 1.82) is 0 Å². The molecule has 4 heteroatoms. The van der Waals surface area contributed by atoms with Gasteiger partial charge >= 0.3 is 6.09 Å². The monoisotopic (exact) mass is 327 g/mol. The molecule has 23 heavy (non-hydrogen) atoms. The van der Waals surface area contributed by atoms with Crippen LogP contribution in [0.25, 0.3) is 0 Å². The predicted molar refractivity (Wildman–Crippen MR) is 89.5 cm³/mol. The van der Waals surface area contributed by atoms with Gasteiger partial charge in [-0.1, -0.05) is 48.0 Å². The van der Waals surface area contributed by atoms with E-state index in [4.69, 9.17) is 16.3 Å². The maximum Gasteiger partial charge on any atom is 0.410 e. The summed E-state index contributed by atoms with van der Waals surface area (Å²) in [4.78, 5) is 14.4. The Morgan fingerprint density at radius 1 is 1.17 bits per heavy atom. The smallest absolute Gasteiger partial charge is 0.410 e. The zero-order valence-corrected chi connectivity index (χ0v) is 13.5. The number of benzene rings is 2. The fourth-order valence-corrected chi connectivity index (χ4v) is 3.95. The van der Waals surface area contributed by atoms with Crippen molar-refractivity contribution in [3.8, 4) is 0 Å². The van der Waals surface area contributed by atoms with E-state index in [2.05, 4.69) is 12.1 Å². The molecule has 0 spiro atoms. The molecule has 1 aliphatic carbocycles. The molecule has 0 N–H and O–H groups in total. The Kier molecular flexibility index (Phi) is 3.74. The van der Waals surface area contributed by atoms with Crippen LogP contribution in [-0.4, -0.2) is 17.5 Å². The van der Waals surface area contributed by atoms with Gasteiger partial charge in [0, 0.05) is 11.6 Å². The van der Waals surface area contributed by atoms with E-state index in [9.17, 15) is 4.79 Å². The van der Waals surface area contributed by atoms with Crippen LogP contribution in [-0.2, 0) is 11.3 Å². The van der Waals surface area contributed by atoms with Gasteiger partial charge in [-0.15, -0.1) is 0 Å². The van der Waals surface area contributed by atoms with Crippen molar-refractivity contribution in [3.63, 3.8) is 0 Å². The van der Waals surface area contributed by atoms with Gasteiger partial charge in [-0.05, 0) is 47.6 Å². The number of fused-ring (bicyclic) bond motifs is 5. The molecule has 2 aromatic rings. The van der Waals surface area contributed by atoms with Gasteiger partial charge < -0.3 is 9.64 Å². The highest BCUT2D eigenvalue weighted by atomic mass is 35.5. The van der Waals surface area contributed by atoms with Crippen molar-refractivity contribution in [3.05, 3.63) is 70.2 Å². The quantitative estimate of drug-likeness (QED) is 0.784. The summed E-state index contributed by atoms with van der Waals surface area (Å²) in [6.07, 6.45) is 1.74. The second-order valence-electron chi connectivity index (χ2n) is 6.24. The first-order valence-corrected chi connectivity index (χ1v) is 8.37. The Morgan fingerprint density at radius 3 is 2.83 bits per heavy atom. The molecule has 2 bridgehead atoms. The molecule has 1 aliphatic heterocycles. The second-order valence-corrected chi connectivity index (χ2v) is 6.68. The summed E-state index contributed by atoms with van der Waals surface area (Å²) in [5, 5.41) is 0.773. The summed E-state index contributed by atoms with van der Waals surface area (Å²) in [6.45, 7) is 1.06. The van der Waals surface area contributed by atoms with Crippen LogP contribution in [0.3, 0.4) is 0 Å². The number of nitrogens with zero attached hydrogens (tertiary/aromatic N) is 1. The molecule has 2 aliphatic rings. The maximum absolute atomic E-state index is 12.5. The van der Waals surface area contributed by atoms with E-state index < -0.39 is 0 Å². The number of likely N-dealkylation sites (tertiary alicyclic amines) is 1. The highest BCUT2D eigenvalue weighted by Crippen LogP contribution is 2.49. The molecule has 0 aromatic heterocycles. The van der Waals surface area contributed by atoms with Crippen LogP contribution in [0.1, 0.15) is 41.5 Å². The molecule has 1 fully saturated rings. The van der Waals surface area contributed by atoms with Crippen LogP contribution in [0.4, 0.5) is 4.79 Å². The largest absolute Gasteiger partial charge is 0.445 e. The maximum atomic E-state index is 12.5. The van der Waals surface area contributed by atoms with E-state index in [1.165, 1.54) is 11.1 Å². The minimum Gasteiger partial charge on any atom is -0.445 e. The van der Waals surface area contributed by atoms with Gasteiger partial charge in [-0.3, -0.25) is 0 Å². The normalized spacial score (nSPS) is 21.9. The number of amides is 1. The molecule has 1 heterocycles. The average molecular weight is 328 g/mol. The summed E-state index contributed by atoms with van der Waals surface area (Å²) >= 11 is 6.13. The van der Waals surface area contributed by atoms with Crippen LogP contribution in [0.5, 0.6) is 0 Å². The first kappa shape index (κ1) is 14.6. The molecule has 2 aromatic carbocycles. The van der Waals surface area contributed by atoms with Gasteiger partial charge in [-0.2, -0.15) is 0 Å². The molecule has 4 rings (SSSR count). The lowest BCUT2D eigenvalue weighted by Crippen LogP contribution is -2.37. The number of carbonyl (C=O) groups is 1. The van der Waals surface area contributed by atoms with Gasteiger partial charge in [0.05, 0.1) is 6.04 Å². The van der Waals surface area contributed by atoms with E-state index >= 15 is 0 Å². The molecule has 1 saturated heterocycles. The summed E-state index contributed by atoms with van der Waals surface area (Å²) in [6, 6.07) is 15.9. The summed E-state index contributed by atoms with van der Waals surface area (Å²) in [5.74, 6) is 0.520. The fraction of sp³-hybridized carbons (Fsp3) is 0.316. The van der Waals surface area contributed by atoms with Crippen LogP contribution >= 0.6 is 11.6 Å². The zero-order valence-electron chi connectivity index (χ0n) is 12.7. The van der Waals surface area contributed by atoms with E-state index in [-0.39, 0.29) is 12.1 Å². The highest BCUT2D eigenvalue weighted by molar-refractivity contribution is 6.30. The summed E-state index contributed by atoms with van der Waals surface area (Å²) in [5.41, 5.74) is 3.55. The topological polar surface area (TPSA) is 29.5 Å². The third kappa shape index (κ3) is 2.70. The molecule has 118 valence electrons. The Labute approximate surface area is 140 Å². The predicted octanol–water partition coefficient (Wildman–Crippen LogP) is 4.91. The minimum absolute atomic E-state index is 0.129. The van der Waals surface area contributed by atoms with Gasteiger partial charge in [-0.25, -0.2) is 4.79 Å². The number of piperidine rings is 1. The Morgan fingerprint density at radius 2 is 2.00 bits per heavy atom. The lowest BCUT2D eigenvalue weighted by molar-refractivity contribution is 0.0694. The second kappa shape index (κ2) is 5.89. The standard InChI is InChI=1S/C19H18ClNO2/c20-15-6-7-16-17(11-15)14-8-9-21(18(16)10-14)19(22)23-12-13-4-2-1-3-5-13/h1-7,11,14,18H,8-10,12H2/t14-,18-/m1/s1. The molecular formula is C19H18ClNO2. The van der Waals surface area contributed by atoms with Crippen molar-refractivity contribution in [2.45, 2.75) is 31.4 Å². The first-order chi connectivity index (χ1) is 11.2. The molecule has 3 nitrogen and oxygen atoms in total. The lowest BCUT2D eigenvalue weighted by atomic mass is 9.96. The lowest BCUT2D eigenvalue weighted by Gasteiger charge is -2.32. The molecular weight excluding hydrogens is 310 g/mol. The minimum atomic E-state index is -0.222. The van der Waals surface area contributed by atoms with Gasteiger partial charge in [0.2, 0.25) is 0 Å². The number of ether oxygens (including phenoxy) is 1. The molecule has 1 amide bonds. The summed E-state index contributed by atoms with van der Waals surface area (Å²) < 4.78 is 5.52. The number of hydrogen-bond acceptors (Lipinski definition) is 2. The average Bonchev–Trinajstić information content (AvgIpc) is 2.86. The third-order valence-corrected chi connectivity index (χ3v) is 5.12. The summed E-state index contributed by atoms with van der Waals surface area (Å²) in [7, 11) is 0. The van der Waals surface area contributed by atoms with Crippen LogP contribution in [0, 0.1) is 0 Å². The molecule has 0 unspecified atom stereocenters. The third-order valence-electron chi connectivity index (χ3n) is 4.89. The molecule has 0 saturated carbocycles. The van der Waals surface area contributed by atoms with E-state index in [0.717, 1.165) is 30.0 Å². The van der Waals surface area contributed by atoms with Crippen molar-refractivity contribution < 1.29 is 9.53 Å². The van der Waals surface area contributed by atoms with Gasteiger partial charge in [0.25, 0.3) is 0 Å². The van der Waals surface area contributed by atoms with Crippen LogP contribution < -0.4 is 0 Å². The van der Waals surface area contributed by atoms with Crippen molar-refractivity contribution >= 4 is 17.7 Å². The van der Waals surface area contributed by atoms with Crippen molar-refractivity contribution in [2.24, 2.45) is 0 Å². The van der Waals surface area contributed by atoms with Gasteiger partial charge in [0.15, 0.2) is 0 Å².